The maximum Gasteiger partial charge on any atom is 0.200 e. The fourth-order valence-corrected chi connectivity index (χ4v) is 3.83. The third kappa shape index (κ3) is 3.39. The molecule has 1 saturated heterocycles. The molecule has 1 aliphatic heterocycles. The van der Waals surface area contributed by atoms with Gasteiger partial charge in [-0.1, -0.05) is 12.8 Å². The number of hydrogen-bond donors (Lipinski definition) is 1. The van der Waals surface area contributed by atoms with E-state index >= 15 is 0 Å². The van der Waals surface area contributed by atoms with Gasteiger partial charge in [-0.15, -0.1) is 12.4 Å². The van der Waals surface area contributed by atoms with Crippen LogP contribution in [-0.4, -0.2) is 31.1 Å². The molecule has 0 amide bonds. The number of piperazine rings is 1. The van der Waals surface area contributed by atoms with Gasteiger partial charge in [-0.2, -0.15) is 0 Å². The zero-order chi connectivity index (χ0) is 16.6. The molecule has 1 atom stereocenters. The second-order valence-corrected chi connectivity index (χ2v) is 6.26. The van der Waals surface area contributed by atoms with Crippen LogP contribution in [0.15, 0.2) is 0 Å². The van der Waals surface area contributed by atoms with Crippen molar-refractivity contribution in [3.05, 3.63) is 34.6 Å². The summed E-state index contributed by atoms with van der Waals surface area (Å²) in [6, 6.07) is -0.760. The van der Waals surface area contributed by atoms with Crippen molar-refractivity contribution < 1.29 is 22.0 Å². The van der Waals surface area contributed by atoms with Crippen LogP contribution in [0.4, 0.5) is 22.0 Å². The Balaban J connectivity index is 0.00000208. The zero-order valence-electron chi connectivity index (χ0n) is 13.1. The van der Waals surface area contributed by atoms with Gasteiger partial charge in [0.1, 0.15) is 0 Å². The Morgan fingerprint density at radius 2 is 1.25 bits per heavy atom. The van der Waals surface area contributed by atoms with Gasteiger partial charge in [-0.05, 0) is 18.8 Å². The van der Waals surface area contributed by atoms with E-state index in [0.717, 1.165) is 25.7 Å². The third-order valence-corrected chi connectivity index (χ3v) is 4.93. The van der Waals surface area contributed by atoms with Crippen LogP contribution in [0.2, 0.25) is 0 Å². The molecule has 2 aliphatic rings. The van der Waals surface area contributed by atoms with E-state index in [0.29, 0.717) is 26.2 Å². The van der Waals surface area contributed by atoms with Gasteiger partial charge in [-0.25, -0.2) is 22.0 Å². The first-order valence-electron chi connectivity index (χ1n) is 7.98. The fourth-order valence-electron chi connectivity index (χ4n) is 3.83. The Hall–Kier alpha value is -0.920. The minimum absolute atomic E-state index is 0. The topological polar surface area (TPSA) is 15.3 Å². The molecule has 1 aromatic carbocycles. The molecule has 0 bridgehead atoms. The van der Waals surface area contributed by atoms with E-state index in [1.54, 1.807) is 0 Å². The Bertz CT molecular complexity index is 557. The molecule has 0 radical (unpaired) electrons. The number of rotatable bonds is 3. The second kappa shape index (κ2) is 7.97. The van der Waals surface area contributed by atoms with E-state index in [9.17, 15) is 22.0 Å². The zero-order valence-corrected chi connectivity index (χ0v) is 13.9. The molecular weight excluding hydrogens is 351 g/mol. The Morgan fingerprint density at radius 1 is 0.792 bits per heavy atom. The molecule has 1 heterocycles. The average Bonchev–Trinajstić information content (AvgIpc) is 3.10. The standard InChI is InChI=1S/C16H19F5N2.ClH/c17-11-10(12(18)14(20)15(21)13(11)19)16(9-3-1-2-4-9)23-7-5-22-6-8-23;/h9,16,22H,1-8H2;1H/t16-;/m1./s1. The normalized spacial score (nSPS) is 20.9. The van der Waals surface area contributed by atoms with E-state index in [-0.39, 0.29) is 18.3 Å². The Morgan fingerprint density at radius 3 is 1.75 bits per heavy atom. The van der Waals surface area contributed by atoms with Gasteiger partial charge in [-0.3, -0.25) is 4.90 Å². The van der Waals surface area contributed by atoms with Gasteiger partial charge in [0.15, 0.2) is 23.3 Å². The summed E-state index contributed by atoms with van der Waals surface area (Å²) in [4.78, 5) is 1.85. The highest BCUT2D eigenvalue weighted by Gasteiger charge is 2.38. The molecule has 1 N–H and O–H groups in total. The smallest absolute Gasteiger partial charge is 0.200 e. The van der Waals surface area contributed by atoms with Gasteiger partial charge in [0.2, 0.25) is 5.82 Å². The molecule has 1 aliphatic carbocycles. The monoisotopic (exact) mass is 370 g/mol. The van der Waals surface area contributed by atoms with Gasteiger partial charge < -0.3 is 5.32 Å². The molecule has 0 unspecified atom stereocenters. The molecule has 0 spiro atoms. The summed E-state index contributed by atoms with van der Waals surface area (Å²) in [6.45, 7) is 2.33. The maximum absolute atomic E-state index is 14.3. The molecule has 3 rings (SSSR count). The predicted octanol–water partition coefficient (Wildman–Crippen LogP) is 3.94. The summed E-state index contributed by atoms with van der Waals surface area (Å²) in [7, 11) is 0. The predicted molar refractivity (Wildman–Crippen MR) is 82.6 cm³/mol. The van der Waals surface area contributed by atoms with Crippen LogP contribution in [0.3, 0.4) is 0 Å². The highest BCUT2D eigenvalue weighted by Crippen LogP contribution is 2.42. The molecule has 8 heteroatoms. The largest absolute Gasteiger partial charge is 0.314 e. The van der Waals surface area contributed by atoms with E-state index in [1.807, 2.05) is 4.90 Å². The number of benzene rings is 1. The van der Waals surface area contributed by atoms with Crippen LogP contribution < -0.4 is 5.32 Å². The van der Waals surface area contributed by atoms with Crippen molar-refractivity contribution >= 4 is 12.4 Å². The number of halogens is 6. The van der Waals surface area contributed by atoms with Crippen molar-refractivity contribution in [2.45, 2.75) is 31.7 Å². The molecular formula is C16H20ClF5N2. The molecule has 0 aromatic heterocycles. The van der Waals surface area contributed by atoms with Crippen molar-refractivity contribution in [2.24, 2.45) is 5.92 Å². The highest BCUT2D eigenvalue weighted by atomic mass is 35.5. The Kier molecular flexibility index (Phi) is 6.45. The van der Waals surface area contributed by atoms with Crippen LogP contribution in [0.5, 0.6) is 0 Å². The minimum Gasteiger partial charge on any atom is -0.314 e. The quantitative estimate of drug-likeness (QED) is 0.492. The lowest BCUT2D eigenvalue weighted by atomic mass is 9.88. The van der Waals surface area contributed by atoms with Crippen molar-refractivity contribution in [3.63, 3.8) is 0 Å². The summed E-state index contributed by atoms with van der Waals surface area (Å²) in [5.41, 5.74) is -0.657. The summed E-state index contributed by atoms with van der Waals surface area (Å²) in [6.07, 6.45) is 3.33. The first-order valence-corrected chi connectivity index (χ1v) is 7.98. The first-order chi connectivity index (χ1) is 11.0. The van der Waals surface area contributed by atoms with E-state index in [4.69, 9.17) is 0 Å². The lowest BCUT2D eigenvalue weighted by molar-refractivity contribution is 0.117. The SMILES string of the molecule is Cl.Fc1c(F)c(F)c([C@@H](C2CCCC2)N2CCNCC2)c(F)c1F. The number of hydrogen-bond acceptors (Lipinski definition) is 2. The van der Waals surface area contributed by atoms with Gasteiger partial charge in [0.25, 0.3) is 0 Å². The molecule has 2 fully saturated rings. The highest BCUT2D eigenvalue weighted by molar-refractivity contribution is 5.85. The molecule has 1 aromatic rings. The summed E-state index contributed by atoms with van der Waals surface area (Å²) in [5.74, 6) is -9.24. The van der Waals surface area contributed by atoms with E-state index in [2.05, 4.69) is 5.32 Å². The third-order valence-electron chi connectivity index (χ3n) is 4.93. The number of nitrogens with zero attached hydrogens (tertiary/aromatic N) is 1. The number of nitrogens with one attached hydrogen (secondary N) is 1. The van der Waals surface area contributed by atoms with Crippen molar-refractivity contribution in [2.75, 3.05) is 26.2 Å². The fraction of sp³-hybridized carbons (Fsp3) is 0.625. The lowest BCUT2D eigenvalue weighted by Crippen LogP contribution is -2.47. The van der Waals surface area contributed by atoms with Gasteiger partial charge in [0.05, 0.1) is 0 Å². The van der Waals surface area contributed by atoms with Crippen LogP contribution in [0.1, 0.15) is 37.3 Å². The van der Waals surface area contributed by atoms with Crippen LogP contribution in [0, 0.1) is 35.0 Å². The van der Waals surface area contributed by atoms with Crippen molar-refractivity contribution in [3.8, 4) is 0 Å². The van der Waals surface area contributed by atoms with E-state index in [1.165, 1.54) is 0 Å². The minimum atomic E-state index is -2.09. The average molecular weight is 371 g/mol. The van der Waals surface area contributed by atoms with Crippen molar-refractivity contribution in [1.82, 2.24) is 10.2 Å². The van der Waals surface area contributed by atoms with E-state index < -0.39 is 40.7 Å². The summed E-state index contributed by atoms with van der Waals surface area (Å²) < 4.78 is 69.2. The van der Waals surface area contributed by atoms with Crippen molar-refractivity contribution in [1.29, 1.82) is 0 Å². The summed E-state index contributed by atoms with van der Waals surface area (Å²) >= 11 is 0. The van der Waals surface area contributed by atoms with Crippen LogP contribution in [0.25, 0.3) is 0 Å². The molecule has 136 valence electrons. The van der Waals surface area contributed by atoms with Crippen LogP contribution >= 0.6 is 12.4 Å². The first kappa shape index (κ1) is 19.4. The van der Waals surface area contributed by atoms with Gasteiger partial charge in [0, 0.05) is 37.8 Å². The van der Waals surface area contributed by atoms with Crippen LogP contribution in [-0.2, 0) is 0 Å². The maximum atomic E-state index is 14.3. The Labute approximate surface area is 143 Å². The van der Waals surface area contributed by atoms with Gasteiger partial charge >= 0.3 is 0 Å². The second-order valence-electron chi connectivity index (χ2n) is 6.26. The summed E-state index contributed by atoms with van der Waals surface area (Å²) in [5, 5.41) is 3.14. The molecule has 24 heavy (non-hydrogen) atoms. The lowest BCUT2D eigenvalue weighted by Gasteiger charge is -2.38. The molecule has 1 saturated carbocycles. The molecule has 2 nitrogen and oxygen atoms in total.